The molecule has 0 saturated heterocycles. The summed E-state index contributed by atoms with van der Waals surface area (Å²) in [5.41, 5.74) is 0. The Hall–Kier alpha value is -1.01. The minimum absolute atomic E-state index is 0.426. The number of ether oxygens (including phenoxy) is 1. The molecule has 0 radical (unpaired) electrons. The molecule has 15 heavy (non-hydrogen) atoms. The first-order chi connectivity index (χ1) is 7.13. The molecule has 0 fully saturated rings. The van der Waals surface area contributed by atoms with Crippen LogP contribution < -0.4 is 0 Å². The number of carbonyl (C=O) groups is 1. The van der Waals surface area contributed by atoms with Gasteiger partial charge in [0.1, 0.15) is 6.10 Å². The van der Waals surface area contributed by atoms with Crippen molar-refractivity contribution in [1.82, 2.24) is 0 Å². The second-order valence-corrected chi connectivity index (χ2v) is 3.53. The second kappa shape index (κ2) is 8.31. The van der Waals surface area contributed by atoms with Crippen molar-refractivity contribution >= 4 is 5.97 Å². The zero-order chi connectivity index (χ0) is 11.7. The minimum atomic E-state index is -0.918. The molecule has 86 valence electrons. The van der Waals surface area contributed by atoms with E-state index in [9.17, 15) is 9.90 Å². The third-order valence-electron chi connectivity index (χ3n) is 2.20. The number of esters is 1. The van der Waals surface area contributed by atoms with E-state index in [0.29, 0.717) is 0 Å². The molecule has 0 aliphatic carbocycles. The van der Waals surface area contributed by atoms with Crippen molar-refractivity contribution in [2.24, 2.45) is 5.92 Å². The predicted molar refractivity (Wildman–Crippen MR) is 59.1 cm³/mol. The highest BCUT2D eigenvalue weighted by atomic mass is 16.5. The van der Waals surface area contributed by atoms with Crippen molar-refractivity contribution in [2.45, 2.75) is 45.6 Å². The molecule has 0 unspecified atom stereocenters. The van der Waals surface area contributed by atoms with Gasteiger partial charge >= 0.3 is 5.97 Å². The van der Waals surface area contributed by atoms with E-state index in [1.807, 2.05) is 0 Å². The Bertz CT molecular complexity index is 237. The summed E-state index contributed by atoms with van der Waals surface area (Å²) in [6.45, 7) is 3.73. The molecule has 0 aromatic heterocycles. The molecule has 3 nitrogen and oxygen atoms in total. The topological polar surface area (TPSA) is 46.5 Å². The SMILES string of the molecule is CCCCCC#C[C@@H](O)[C@H](C)C(=O)OC. The van der Waals surface area contributed by atoms with Crippen molar-refractivity contribution in [2.75, 3.05) is 7.11 Å². The fourth-order valence-electron chi connectivity index (χ4n) is 1.08. The summed E-state index contributed by atoms with van der Waals surface area (Å²) in [6.07, 6.45) is 3.21. The number of hydrogen-bond acceptors (Lipinski definition) is 3. The first-order valence-corrected chi connectivity index (χ1v) is 5.37. The van der Waals surface area contributed by atoms with Gasteiger partial charge in [-0.3, -0.25) is 4.79 Å². The van der Waals surface area contributed by atoms with Crippen molar-refractivity contribution in [3.8, 4) is 11.8 Å². The van der Waals surface area contributed by atoms with Crippen LogP contribution in [0.25, 0.3) is 0 Å². The van der Waals surface area contributed by atoms with Gasteiger partial charge in [0.05, 0.1) is 13.0 Å². The summed E-state index contributed by atoms with van der Waals surface area (Å²) < 4.78 is 4.51. The van der Waals surface area contributed by atoms with Gasteiger partial charge in [-0.1, -0.05) is 25.7 Å². The van der Waals surface area contributed by atoms with E-state index >= 15 is 0 Å². The number of aliphatic hydroxyl groups excluding tert-OH is 1. The molecule has 0 heterocycles. The molecule has 0 saturated carbocycles. The quantitative estimate of drug-likeness (QED) is 0.429. The summed E-state index contributed by atoms with van der Waals surface area (Å²) in [7, 11) is 1.31. The molecule has 0 rings (SSSR count). The van der Waals surface area contributed by atoms with Crippen LogP contribution in [0.2, 0.25) is 0 Å². The molecule has 0 amide bonds. The van der Waals surface area contributed by atoms with Crippen LogP contribution in [0.5, 0.6) is 0 Å². The van der Waals surface area contributed by atoms with E-state index in [-0.39, 0.29) is 0 Å². The number of carbonyl (C=O) groups excluding carboxylic acids is 1. The van der Waals surface area contributed by atoms with Gasteiger partial charge in [0, 0.05) is 6.42 Å². The lowest BCUT2D eigenvalue weighted by molar-refractivity contribution is -0.147. The molecule has 0 aliphatic heterocycles. The molecule has 0 aliphatic rings. The third-order valence-corrected chi connectivity index (χ3v) is 2.20. The van der Waals surface area contributed by atoms with Gasteiger partial charge in [0.25, 0.3) is 0 Å². The highest BCUT2D eigenvalue weighted by Gasteiger charge is 2.20. The highest BCUT2D eigenvalue weighted by Crippen LogP contribution is 2.04. The van der Waals surface area contributed by atoms with Gasteiger partial charge in [-0.15, -0.1) is 5.92 Å². The Kier molecular flexibility index (Phi) is 7.75. The van der Waals surface area contributed by atoms with Crippen molar-refractivity contribution in [1.29, 1.82) is 0 Å². The van der Waals surface area contributed by atoms with E-state index in [2.05, 4.69) is 23.5 Å². The molecule has 2 atom stereocenters. The summed E-state index contributed by atoms with van der Waals surface area (Å²) in [4.78, 5) is 11.0. The van der Waals surface area contributed by atoms with Gasteiger partial charge in [0.2, 0.25) is 0 Å². The van der Waals surface area contributed by atoms with E-state index in [4.69, 9.17) is 0 Å². The van der Waals surface area contributed by atoms with E-state index in [0.717, 1.165) is 25.7 Å². The summed E-state index contributed by atoms with van der Waals surface area (Å²) in [5, 5.41) is 9.50. The summed E-state index contributed by atoms with van der Waals surface area (Å²) in [5.74, 6) is 4.53. The standard InChI is InChI=1S/C12H20O3/c1-4-5-6-7-8-9-11(13)10(2)12(14)15-3/h10-11,13H,4-7H2,1-3H3/t10-,11+/m0/s1. The molecular weight excluding hydrogens is 192 g/mol. The van der Waals surface area contributed by atoms with Gasteiger partial charge in [-0.2, -0.15) is 0 Å². The van der Waals surface area contributed by atoms with Crippen LogP contribution in [0.1, 0.15) is 39.5 Å². The normalized spacial score (nSPS) is 13.6. The van der Waals surface area contributed by atoms with Gasteiger partial charge in [-0.05, 0) is 13.3 Å². The first kappa shape index (κ1) is 14.0. The maximum absolute atomic E-state index is 11.0. The van der Waals surface area contributed by atoms with Gasteiger partial charge in [0.15, 0.2) is 0 Å². The Morgan fingerprint density at radius 1 is 1.47 bits per heavy atom. The van der Waals surface area contributed by atoms with E-state index < -0.39 is 18.0 Å². The van der Waals surface area contributed by atoms with Crippen LogP contribution in [0.4, 0.5) is 0 Å². The van der Waals surface area contributed by atoms with Crippen molar-refractivity contribution in [3.05, 3.63) is 0 Å². The van der Waals surface area contributed by atoms with Crippen LogP contribution >= 0.6 is 0 Å². The van der Waals surface area contributed by atoms with Crippen molar-refractivity contribution in [3.63, 3.8) is 0 Å². The van der Waals surface area contributed by atoms with Crippen LogP contribution in [-0.4, -0.2) is 24.3 Å². The Balaban J connectivity index is 3.89. The Labute approximate surface area is 91.8 Å². The number of aliphatic hydroxyl groups is 1. The lowest BCUT2D eigenvalue weighted by Gasteiger charge is -2.10. The maximum atomic E-state index is 11.0. The van der Waals surface area contributed by atoms with Crippen LogP contribution in [0.15, 0.2) is 0 Å². The van der Waals surface area contributed by atoms with Gasteiger partial charge in [-0.25, -0.2) is 0 Å². The van der Waals surface area contributed by atoms with Gasteiger partial charge < -0.3 is 9.84 Å². The predicted octanol–water partition coefficient (Wildman–Crippen LogP) is 1.74. The van der Waals surface area contributed by atoms with Crippen molar-refractivity contribution < 1.29 is 14.6 Å². The monoisotopic (exact) mass is 212 g/mol. The maximum Gasteiger partial charge on any atom is 0.312 e. The Morgan fingerprint density at radius 3 is 2.67 bits per heavy atom. The zero-order valence-electron chi connectivity index (χ0n) is 9.75. The highest BCUT2D eigenvalue weighted by molar-refractivity contribution is 5.73. The van der Waals surface area contributed by atoms with Crippen LogP contribution in [-0.2, 0) is 9.53 Å². The fraction of sp³-hybridized carbons (Fsp3) is 0.750. The molecule has 0 aromatic rings. The average Bonchev–Trinajstić information content (AvgIpc) is 2.26. The smallest absolute Gasteiger partial charge is 0.312 e. The molecule has 0 spiro atoms. The number of methoxy groups -OCH3 is 1. The number of rotatable bonds is 5. The molecule has 3 heteroatoms. The number of unbranched alkanes of at least 4 members (excludes halogenated alkanes) is 3. The second-order valence-electron chi connectivity index (χ2n) is 3.53. The fourth-order valence-corrected chi connectivity index (χ4v) is 1.08. The van der Waals surface area contributed by atoms with E-state index in [1.54, 1.807) is 6.92 Å². The molecular formula is C12H20O3. The third kappa shape index (κ3) is 6.14. The van der Waals surface area contributed by atoms with Crippen LogP contribution in [0.3, 0.4) is 0 Å². The molecule has 0 bridgehead atoms. The molecule has 0 aromatic carbocycles. The first-order valence-electron chi connectivity index (χ1n) is 5.37. The lowest BCUT2D eigenvalue weighted by atomic mass is 10.1. The Morgan fingerprint density at radius 2 is 2.13 bits per heavy atom. The zero-order valence-corrected chi connectivity index (χ0v) is 9.75. The average molecular weight is 212 g/mol. The molecule has 1 N–H and O–H groups in total. The summed E-state index contributed by atoms with van der Waals surface area (Å²) >= 11 is 0. The largest absolute Gasteiger partial charge is 0.469 e. The minimum Gasteiger partial charge on any atom is -0.469 e. The van der Waals surface area contributed by atoms with Crippen LogP contribution in [0, 0.1) is 17.8 Å². The van der Waals surface area contributed by atoms with E-state index in [1.165, 1.54) is 7.11 Å². The lowest BCUT2D eigenvalue weighted by Crippen LogP contribution is -2.25. The summed E-state index contributed by atoms with van der Waals surface area (Å²) in [6, 6.07) is 0. The number of hydrogen-bond donors (Lipinski definition) is 1.